The van der Waals surface area contributed by atoms with Crippen LogP contribution in [0.15, 0.2) is 0 Å². The van der Waals surface area contributed by atoms with E-state index in [-0.39, 0.29) is 19.0 Å². The van der Waals surface area contributed by atoms with Crippen molar-refractivity contribution in [2.24, 2.45) is 11.8 Å². The molecule has 5 nitrogen and oxygen atoms in total. The number of urea groups is 1. The van der Waals surface area contributed by atoms with Crippen LogP contribution in [0.3, 0.4) is 0 Å². The van der Waals surface area contributed by atoms with Crippen molar-refractivity contribution in [3.8, 4) is 0 Å². The van der Waals surface area contributed by atoms with Gasteiger partial charge in [-0.3, -0.25) is 4.79 Å². The lowest BCUT2D eigenvalue weighted by Gasteiger charge is -2.34. The third-order valence-electron chi connectivity index (χ3n) is 4.28. The number of hydrogen-bond acceptors (Lipinski definition) is 2. The summed E-state index contributed by atoms with van der Waals surface area (Å²) >= 11 is 0. The maximum absolute atomic E-state index is 12.7. The third-order valence-corrected chi connectivity index (χ3v) is 4.28. The summed E-state index contributed by atoms with van der Waals surface area (Å²) in [7, 11) is 0. The minimum atomic E-state index is -4.28. The van der Waals surface area contributed by atoms with E-state index in [1.165, 1.54) is 4.90 Å². The summed E-state index contributed by atoms with van der Waals surface area (Å²) in [6.07, 6.45) is -2.50. The molecule has 0 aromatic rings. The maximum atomic E-state index is 12.7. The van der Waals surface area contributed by atoms with Crippen molar-refractivity contribution in [3.05, 3.63) is 0 Å². The van der Waals surface area contributed by atoms with E-state index in [0.717, 1.165) is 0 Å². The maximum Gasteiger partial charge on any atom is 0.393 e. The number of carboxylic acid groups (broad SMARTS) is 1. The Labute approximate surface area is 120 Å². The monoisotopic (exact) mass is 308 g/mol. The lowest BCUT2D eigenvalue weighted by atomic mass is 9.98. The van der Waals surface area contributed by atoms with Crippen LogP contribution in [0, 0.1) is 11.8 Å². The summed E-state index contributed by atoms with van der Waals surface area (Å²) in [6, 6.07) is -0.773. The Morgan fingerprint density at radius 2 is 1.90 bits per heavy atom. The van der Waals surface area contributed by atoms with Crippen LogP contribution in [0.25, 0.3) is 0 Å². The van der Waals surface area contributed by atoms with Gasteiger partial charge in [0.15, 0.2) is 0 Å². The molecule has 0 aromatic carbocycles. The number of halogens is 3. The summed E-state index contributed by atoms with van der Waals surface area (Å²) in [5, 5.41) is 11.6. The highest BCUT2D eigenvalue weighted by Gasteiger charge is 2.43. The average Bonchev–Trinajstić information content (AvgIpc) is 2.86. The van der Waals surface area contributed by atoms with E-state index in [2.05, 4.69) is 5.32 Å². The predicted octanol–water partition coefficient (Wildman–Crippen LogP) is 2.22. The van der Waals surface area contributed by atoms with Crippen LogP contribution in [0.1, 0.15) is 32.1 Å². The summed E-state index contributed by atoms with van der Waals surface area (Å²) in [6.45, 7) is -0.00208. The first-order valence-electron chi connectivity index (χ1n) is 7.12. The number of hydrogen-bond donors (Lipinski definition) is 2. The molecule has 0 radical (unpaired) electrons. The summed E-state index contributed by atoms with van der Waals surface area (Å²) in [5.74, 6) is -2.83. The highest BCUT2D eigenvalue weighted by atomic mass is 19.4. The molecule has 3 atom stereocenters. The van der Waals surface area contributed by atoms with Crippen molar-refractivity contribution in [2.45, 2.75) is 44.3 Å². The second-order valence-electron chi connectivity index (χ2n) is 5.82. The molecule has 8 heteroatoms. The van der Waals surface area contributed by atoms with Gasteiger partial charge in [-0.1, -0.05) is 0 Å². The zero-order valence-electron chi connectivity index (χ0n) is 11.5. The lowest BCUT2D eigenvalue weighted by molar-refractivity contribution is -0.184. The first-order valence-corrected chi connectivity index (χ1v) is 7.12. The Balaban J connectivity index is 1.85. The van der Waals surface area contributed by atoms with Gasteiger partial charge in [0, 0.05) is 19.1 Å². The highest BCUT2D eigenvalue weighted by Crippen LogP contribution is 2.33. The third kappa shape index (κ3) is 4.01. The van der Waals surface area contributed by atoms with Crippen LogP contribution >= 0.6 is 0 Å². The molecule has 0 bridgehead atoms. The van der Waals surface area contributed by atoms with E-state index in [1.54, 1.807) is 0 Å². The molecule has 2 rings (SSSR count). The fourth-order valence-corrected chi connectivity index (χ4v) is 3.03. The quantitative estimate of drug-likeness (QED) is 0.822. The minimum absolute atomic E-state index is 0.0534. The summed E-state index contributed by atoms with van der Waals surface area (Å²) in [4.78, 5) is 24.0. The number of carbonyl (C=O) groups is 2. The molecule has 3 unspecified atom stereocenters. The van der Waals surface area contributed by atoms with Crippen molar-refractivity contribution in [3.63, 3.8) is 0 Å². The second-order valence-corrected chi connectivity index (χ2v) is 5.82. The van der Waals surface area contributed by atoms with Crippen LogP contribution < -0.4 is 5.32 Å². The van der Waals surface area contributed by atoms with Gasteiger partial charge in [0.1, 0.15) is 0 Å². The number of nitrogens with zero attached hydrogens (tertiary/aromatic N) is 1. The predicted molar refractivity (Wildman–Crippen MR) is 67.6 cm³/mol. The smallest absolute Gasteiger partial charge is 0.393 e. The van der Waals surface area contributed by atoms with E-state index in [0.29, 0.717) is 32.2 Å². The fourth-order valence-electron chi connectivity index (χ4n) is 3.03. The molecule has 2 aliphatic rings. The van der Waals surface area contributed by atoms with Crippen LogP contribution in [-0.2, 0) is 4.79 Å². The van der Waals surface area contributed by atoms with Crippen molar-refractivity contribution >= 4 is 12.0 Å². The lowest BCUT2D eigenvalue weighted by Crippen LogP contribution is -2.50. The number of nitrogens with one attached hydrogen (secondary N) is 1. The largest absolute Gasteiger partial charge is 0.481 e. The molecular formula is C13H19F3N2O3. The minimum Gasteiger partial charge on any atom is -0.481 e. The number of carboxylic acids is 1. The van der Waals surface area contributed by atoms with Gasteiger partial charge in [-0.05, 0) is 32.1 Å². The number of piperidine rings is 1. The summed E-state index contributed by atoms with van der Waals surface area (Å²) in [5.41, 5.74) is 0. The number of alkyl halides is 3. The van der Waals surface area contributed by atoms with E-state index < -0.39 is 30.0 Å². The molecule has 1 heterocycles. The van der Waals surface area contributed by atoms with Crippen molar-refractivity contribution in [1.82, 2.24) is 10.2 Å². The van der Waals surface area contributed by atoms with E-state index in [1.807, 2.05) is 0 Å². The molecule has 1 saturated heterocycles. The van der Waals surface area contributed by atoms with Gasteiger partial charge in [0.25, 0.3) is 0 Å². The Bertz CT molecular complexity index is 414. The van der Waals surface area contributed by atoms with Crippen LogP contribution in [0.2, 0.25) is 0 Å². The van der Waals surface area contributed by atoms with Crippen LogP contribution in [0.4, 0.5) is 18.0 Å². The van der Waals surface area contributed by atoms with Gasteiger partial charge in [0.2, 0.25) is 0 Å². The number of carbonyl (C=O) groups excluding carboxylic acids is 1. The van der Waals surface area contributed by atoms with Crippen molar-refractivity contribution < 1.29 is 27.9 Å². The molecule has 120 valence electrons. The molecular weight excluding hydrogens is 289 g/mol. The van der Waals surface area contributed by atoms with Gasteiger partial charge < -0.3 is 15.3 Å². The molecule has 1 saturated carbocycles. The topological polar surface area (TPSA) is 69.6 Å². The highest BCUT2D eigenvalue weighted by molar-refractivity contribution is 5.75. The Morgan fingerprint density at radius 3 is 2.48 bits per heavy atom. The number of likely N-dealkylation sites (tertiary alicyclic amines) is 1. The first-order chi connectivity index (χ1) is 9.77. The van der Waals surface area contributed by atoms with E-state index >= 15 is 0 Å². The number of rotatable bonds is 2. The zero-order chi connectivity index (χ0) is 15.6. The molecule has 2 fully saturated rings. The molecule has 1 aliphatic carbocycles. The second kappa shape index (κ2) is 6.11. The molecule has 0 spiro atoms. The van der Waals surface area contributed by atoms with Crippen molar-refractivity contribution in [2.75, 3.05) is 13.1 Å². The Hall–Kier alpha value is -1.47. The SMILES string of the molecule is O=C(O)C1CCC(NC(=O)N2CCCC(C(F)(F)F)C2)C1. The van der Waals surface area contributed by atoms with Gasteiger partial charge in [-0.25, -0.2) is 4.79 Å². The summed E-state index contributed by atoms with van der Waals surface area (Å²) < 4.78 is 38.1. The van der Waals surface area contributed by atoms with E-state index in [4.69, 9.17) is 5.11 Å². The average molecular weight is 308 g/mol. The molecule has 1 aliphatic heterocycles. The van der Waals surface area contributed by atoms with Crippen LogP contribution in [0.5, 0.6) is 0 Å². The Kier molecular flexibility index (Phi) is 4.63. The normalized spacial score (nSPS) is 30.2. The first kappa shape index (κ1) is 15.9. The van der Waals surface area contributed by atoms with Gasteiger partial charge in [-0.15, -0.1) is 0 Å². The molecule has 21 heavy (non-hydrogen) atoms. The van der Waals surface area contributed by atoms with Gasteiger partial charge in [-0.2, -0.15) is 13.2 Å². The Morgan fingerprint density at radius 1 is 1.19 bits per heavy atom. The fraction of sp³-hybridized carbons (Fsp3) is 0.846. The zero-order valence-corrected chi connectivity index (χ0v) is 11.5. The molecule has 0 aromatic heterocycles. The van der Waals surface area contributed by atoms with E-state index in [9.17, 15) is 22.8 Å². The standard InChI is InChI=1S/C13H19F3N2O3/c14-13(15,16)9-2-1-5-18(7-9)12(21)17-10-4-3-8(6-10)11(19)20/h8-10H,1-7H2,(H,17,21)(H,19,20). The number of amides is 2. The molecule has 2 N–H and O–H groups in total. The van der Waals surface area contributed by atoms with Gasteiger partial charge >= 0.3 is 18.2 Å². The van der Waals surface area contributed by atoms with Gasteiger partial charge in [0.05, 0.1) is 11.8 Å². The number of aliphatic carboxylic acids is 1. The van der Waals surface area contributed by atoms with Crippen LogP contribution in [-0.4, -0.2) is 47.3 Å². The van der Waals surface area contributed by atoms with Crippen molar-refractivity contribution in [1.29, 1.82) is 0 Å². The molecule has 2 amide bonds.